The second-order valence-electron chi connectivity index (χ2n) is 4.84. The molecule has 4 nitrogen and oxygen atoms in total. The first-order valence-corrected chi connectivity index (χ1v) is 7.76. The Morgan fingerprint density at radius 3 is 3.05 bits per heavy atom. The monoisotopic (exact) mass is 301 g/mol. The molecule has 1 aromatic heterocycles. The predicted octanol–water partition coefficient (Wildman–Crippen LogP) is 1.86. The van der Waals surface area contributed by atoms with Crippen LogP contribution in [0.1, 0.15) is 23.8 Å². The van der Waals surface area contributed by atoms with E-state index in [0.29, 0.717) is 6.54 Å². The lowest BCUT2D eigenvalue weighted by Crippen LogP contribution is -2.45. The van der Waals surface area contributed by atoms with Gasteiger partial charge in [0.25, 0.3) is 0 Å². The van der Waals surface area contributed by atoms with Gasteiger partial charge in [0.05, 0.1) is 16.3 Å². The molecule has 106 valence electrons. The molecule has 2 atom stereocenters. The van der Waals surface area contributed by atoms with E-state index in [1.54, 1.807) is 18.4 Å². The lowest BCUT2D eigenvalue weighted by atomic mass is 9.95. The molecule has 1 aliphatic heterocycles. The van der Waals surface area contributed by atoms with Gasteiger partial charge in [0.15, 0.2) is 0 Å². The average Bonchev–Trinajstić information content (AvgIpc) is 2.85. The van der Waals surface area contributed by atoms with Crippen LogP contribution >= 0.6 is 22.9 Å². The Morgan fingerprint density at radius 2 is 2.47 bits per heavy atom. The van der Waals surface area contributed by atoms with E-state index in [-0.39, 0.29) is 17.9 Å². The van der Waals surface area contributed by atoms with Crippen molar-refractivity contribution >= 4 is 28.8 Å². The Morgan fingerprint density at radius 1 is 1.68 bits per heavy atom. The molecule has 1 fully saturated rings. The predicted molar refractivity (Wildman–Crippen MR) is 79.5 cm³/mol. The summed E-state index contributed by atoms with van der Waals surface area (Å²) in [7, 11) is 1.70. The third-order valence-corrected chi connectivity index (χ3v) is 4.99. The minimum absolute atomic E-state index is 0.0724. The van der Waals surface area contributed by atoms with Gasteiger partial charge in [-0.2, -0.15) is 0 Å². The first-order chi connectivity index (χ1) is 9.15. The molecule has 1 amide bonds. The summed E-state index contributed by atoms with van der Waals surface area (Å²) in [5.41, 5.74) is 5.92. The topological polar surface area (TPSA) is 58.4 Å². The number of piperidine rings is 1. The minimum Gasteiger partial charge on any atom is -0.359 e. The Balaban J connectivity index is 2.08. The number of hydrogen-bond donors (Lipinski definition) is 2. The summed E-state index contributed by atoms with van der Waals surface area (Å²) in [6.45, 7) is 2.32. The van der Waals surface area contributed by atoms with E-state index in [0.717, 1.165) is 30.3 Å². The Labute approximate surface area is 122 Å². The SMILES string of the molecule is CNC(=O)C1CCCN(C(CN)c2ccc(Cl)s2)C1. The van der Waals surface area contributed by atoms with Crippen LogP contribution in [0.25, 0.3) is 0 Å². The molecule has 0 spiro atoms. The van der Waals surface area contributed by atoms with Crippen LogP contribution in [0.2, 0.25) is 4.34 Å². The fourth-order valence-electron chi connectivity index (χ4n) is 2.66. The molecular weight excluding hydrogens is 282 g/mol. The van der Waals surface area contributed by atoms with Crippen molar-refractivity contribution < 1.29 is 4.79 Å². The van der Waals surface area contributed by atoms with Gasteiger partial charge in [-0.25, -0.2) is 0 Å². The van der Waals surface area contributed by atoms with Gasteiger partial charge in [-0.1, -0.05) is 11.6 Å². The molecule has 1 aromatic rings. The van der Waals surface area contributed by atoms with Crippen LogP contribution < -0.4 is 11.1 Å². The number of carbonyl (C=O) groups excluding carboxylic acids is 1. The smallest absolute Gasteiger partial charge is 0.224 e. The van der Waals surface area contributed by atoms with E-state index in [2.05, 4.69) is 10.2 Å². The number of nitrogens with one attached hydrogen (secondary N) is 1. The summed E-state index contributed by atoms with van der Waals surface area (Å²) in [6.07, 6.45) is 1.99. The van der Waals surface area contributed by atoms with Gasteiger partial charge in [-0.15, -0.1) is 11.3 Å². The lowest BCUT2D eigenvalue weighted by Gasteiger charge is -2.36. The summed E-state index contributed by atoms with van der Waals surface area (Å²) in [6, 6.07) is 4.11. The Bertz CT molecular complexity index is 437. The molecule has 0 radical (unpaired) electrons. The number of rotatable bonds is 4. The highest BCUT2D eigenvalue weighted by molar-refractivity contribution is 7.16. The van der Waals surface area contributed by atoms with Gasteiger partial charge in [-0.3, -0.25) is 9.69 Å². The standard InChI is InChI=1S/C13H20ClN3OS/c1-16-13(18)9-3-2-6-17(8-9)10(7-15)11-4-5-12(14)19-11/h4-5,9-10H,2-3,6-8,15H2,1H3,(H,16,18). The van der Waals surface area contributed by atoms with Crippen molar-refractivity contribution in [3.05, 3.63) is 21.3 Å². The first-order valence-electron chi connectivity index (χ1n) is 6.56. The molecular formula is C13H20ClN3OS. The first kappa shape index (κ1) is 14.8. The minimum atomic E-state index is 0.0724. The number of amides is 1. The van der Waals surface area contributed by atoms with Gasteiger partial charge in [0.2, 0.25) is 5.91 Å². The number of halogens is 1. The highest BCUT2D eigenvalue weighted by Gasteiger charge is 2.30. The number of nitrogens with zero attached hydrogens (tertiary/aromatic N) is 1. The Hall–Kier alpha value is -0.620. The van der Waals surface area contributed by atoms with E-state index < -0.39 is 0 Å². The summed E-state index contributed by atoms with van der Waals surface area (Å²) < 4.78 is 0.785. The molecule has 0 aromatic carbocycles. The van der Waals surface area contributed by atoms with Crippen molar-refractivity contribution in [1.29, 1.82) is 0 Å². The van der Waals surface area contributed by atoms with Gasteiger partial charge >= 0.3 is 0 Å². The number of hydrogen-bond acceptors (Lipinski definition) is 4. The number of thiophene rings is 1. The summed E-state index contributed by atoms with van der Waals surface area (Å²) >= 11 is 7.57. The zero-order valence-electron chi connectivity index (χ0n) is 11.1. The van der Waals surface area contributed by atoms with Crippen molar-refractivity contribution in [3.8, 4) is 0 Å². The third-order valence-electron chi connectivity index (χ3n) is 3.66. The van der Waals surface area contributed by atoms with Crippen molar-refractivity contribution in [3.63, 3.8) is 0 Å². The summed E-state index contributed by atoms with van der Waals surface area (Å²) in [5.74, 6) is 0.202. The normalized spacial score (nSPS) is 22.2. The van der Waals surface area contributed by atoms with E-state index in [9.17, 15) is 4.79 Å². The van der Waals surface area contributed by atoms with E-state index in [4.69, 9.17) is 17.3 Å². The molecule has 1 aliphatic rings. The molecule has 3 N–H and O–H groups in total. The van der Waals surface area contributed by atoms with Crippen molar-refractivity contribution in [1.82, 2.24) is 10.2 Å². The molecule has 0 saturated carbocycles. The zero-order valence-corrected chi connectivity index (χ0v) is 12.6. The molecule has 2 rings (SSSR count). The van der Waals surface area contributed by atoms with Crippen LogP contribution in [-0.2, 0) is 4.79 Å². The maximum absolute atomic E-state index is 11.8. The number of carbonyl (C=O) groups is 1. The van der Waals surface area contributed by atoms with Crippen molar-refractivity contribution in [2.45, 2.75) is 18.9 Å². The van der Waals surface area contributed by atoms with Crippen LogP contribution in [0.4, 0.5) is 0 Å². The van der Waals surface area contributed by atoms with Crippen molar-refractivity contribution in [2.75, 3.05) is 26.7 Å². The van der Waals surface area contributed by atoms with E-state index in [1.165, 1.54) is 4.88 Å². The van der Waals surface area contributed by atoms with Crippen LogP contribution in [0.15, 0.2) is 12.1 Å². The number of likely N-dealkylation sites (tertiary alicyclic amines) is 1. The van der Waals surface area contributed by atoms with Gasteiger partial charge in [0.1, 0.15) is 0 Å². The molecule has 19 heavy (non-hydrogen) atoms. The molecule has 6 heteroatoms. The lowest BCUT2D eigenvalue weighted by molar-refractivity contribution is -0.126. The fourth-order valence-corrected chi connectivity index (χ4v) is 3.87. The van der Waals surface area contributed by atoms with Gasteiger partial charge < -0.3 is 11.1 Å². The van der Waals surface area contributed by atoms with Crippen LogP contribution in [0.3, 0.4) is 0 Å². The maximum atomic E-state index is 11.8. The van der Waals surface area contributed by atoms with Gasteiger partial charge in [-0.05, 0) is 31.5 Å². The fraction of sp³-hybridized carbons (Fsp3) is 0.615. The van der Waals surface area contributed by atoms with Gasteiger partial charge in [0, 0.05) is 25.0 Å². The van der Waals surface area contributed by atoms with Crippen LogP contribution in [0, 0.1) is 5.92 Å². The highest BCUT2D eigenvalue weighted by Crippen LogP contribution is 2.32. The van der Waals surface area contributed by atoms with Crippen LogP contribution in [0.5, 0.6) is 0 Å². The largest absolute Gasteiger partial charge is 0.359 e. The second kappa shape index (κ2) is 6.70. The van der Waals surface area contributed by atoms with Crippen molar-refractivity contribution in [2.24, 2.45) is 11.7 Å². The summed E-state index contributed by atoms with van der Waals surface area (Å²) in [5, 5.41) is 2.74. The third kappa shape index (κ3) is 3.48. The van der Waals surface area contributed by atoms with Crippen LogP contribution in [-0.4, -0.2) is 37.5 Å². The molecule has 2 unspecified atom stereocenters. The Kier molecular flexibility index (Phi) is 5.21. The molecule has 0 bridgehead atoms. The molecule has 1 saturated heterocycles. The quantitative estimate of drug-likeness (QED) is 0.892. The zero-order chi connectivity index (χ0) is 13.8. The highest BCUT2D eigenvalue weighted by atomic mass is 35.5. The summed E-state index contributed by atoms with van der Waals surface area (Å²) in [4.78, 5) is 15.3. The number of nitrogens with two attached hydrogens (primary N) is 1. The second-order valence-corrected chi connectivity index (χ2v) is 6.59. The molecule has 0 aliphatic carbocycles. The van der Waals surface area contributed by atoms with E-state index >= 15 is 0 Å². The molecule has 2 heterocycles. The van der Waals surface area contributed by atoms with E-state index in [1.807, 2.05) is 12.1 Å². The average molecular weight is 302 g/mol. The maximum Gasteiger partial charge on any atom is 0.224 e.